The number of nitrogens with one attached hydrogen (secondary N) is 2. The fourth-order valence-electron chi connectivity index (χ4n) is 2.18. The van der Waals surface area contributed by atoms with Crippen molar-refractivity contribution in [2.45, 2.75) is 6.61 Å². The first-order chi connectivity index (χ1) is 13.3. The third-order valence-electron chi connectivity index (χ3n) is 3.53. The molecule has 0 aliphatic heterocycles. The van der Waals surface area contributed by atoms with Gasteiger partial charge in [-0.1, -0.05) is 22.0 Å². The summed E-state index contributed by atoms with van der Waals surface area (Å²) in [5.74, 6) is -1.21. The average Bonchev–Trinajstić information content (AvgIpc) is 2.65. The summed E-state index contributed by atoms with van der Waals surface area (Å²) in [7, 11) is 3.69. The molecule has 0 atom stereocenters. The first kappa shape index (κ1) is 21.4. The van der Waals surface area contributed by atoms with Gasteiger partial charge in [-0.25, -0.2) is 0 Å². The zero-order valence-electron chi connectivity index (χ0n) is 15.1. The summed E-state index contributed by atoms with van der Waals surface area (Å²) in [4.78, 5) is 25.9. The van der Waals surface area contributed by atoms with Crippen molar-refractivity contribution in [3.63, 3.8) is 0 Å². The predicted octanol–water partition coefficient (Wildman–Crippen LogP) is 3.59. The van der Waals surface area contributed by atoms with Gasteiger partial charge in [0.05, 0.1) is 0 Å². The van der Waals surface area contributed by atoms with Crippen LogP contribution in [0.25, 0.3) is 6.08 Å². The van der Waals surface area contributed by atoms with Crippen molar-refractivity contribution >= 4 is 39.5 Å². The molecule has 0 heterocycles. The maximum atomic E-state index is 12.5. The van der Waals surface area contributed by atoms with Gasteiger partial charge >= 0.3 is 6.61 Å². The van der Waals surface area contributed by atoms with Gasteiger partial charge in [-0.05, 0) is 42.5 Å². The smallest absolute Gasteiger partial charge is 0.387 e. The monoisotopic (exact) mass is 453 g/mol. The first-order valence-corrected chi connectivity index (χ1v) is 8.85. The van der Waals surface area contributed by atoms with Gasteiger partial charge in [-0.2, -0.15) is 8.78 Å². The molecule has 2 aromatic carbocycles. The largest absolute Gasteiger partial charge is 0.434 e. The maximum absolute atomic E-state index is 12.5. The predicted molar refractivity (Wildman–Crippen MR) is 106 cm³/mol. The molecule has 2 N–H and O–H groups in total. The Morgan fingerprint density at radius 2 is 1.89 bits per heavy atom. The highest BCUT2D eigenvalue weighted by Gasteiger charge is 2.10. The number of hydrazine groups is 1. The topological polar surface area (TPSA) is 70.7 Å². The summed E-state index contributed by atoms with van der Waals surface area (Å²) >= 11 is 3.22. The Morgan fingerprint density at radius 1 is 1.14 bits per heavy atom. The Morgan fingerprint density at radius 3 is 2.57 bits per heavy atom. The van der Waals surface area contributed by atoms with Gasteiger partial charge in [0.15, 0.2) is 0 Å². The summed E-state index contributed by atoms with van der Waals surface area (Å²) in [5.41, 5.74) is 6.00. The fraction of sp³-hybridized carbons (Fsp3) is 0.158. The van der Waals surface area contributed by atoms with Crippen molar-refractivity contribution in [3.05, 3.63) is 64.1 Å². The minimum Gasteiger partial charge on any atom is -0.434 e. The van der Waals surface area contributed by atoms with Gasteiger partial charge < -0.3 is 9.64 Å². The number of ether oxygens (including phenoxy) is 1. The standard InChI is InChI=1S/C19H18BrF2N3O3/c1-25(2)15-5-3-4-13(11-15)18(27)24-23-17(26)9-6-12-10-14(20)7-8-16(12)28-19(21)22/h3-11,19H,1-2H3,(H,23,26)(H,24,27)/b9-6+. The lowest BCUT2D eigenvalue weighted by Crippen LogP contribution is -2.40. The molecule has 0 bridgehead atoms. The molecular formula is C19H18BrF2N3O3. The van der Waals surface area contributed by atoms with Crippen molar-refractivity contribution in [1.82, 2.24) is 10.9 Å². The molecule has 0 radical (unpaired) electrons. The van der Waals surface area contributed by atoms with Gasteiger partial charge in [0.25, 0.3) is 11.8 Å². The summed E-state index contributed by atoms with van der Waals surface area (Å²) < 4.78 is 30.0. The lowest BCUT2D eigenvalue weighted by molar-refractivity contribution is -0.117. The molecule has 2 aromatic rings. The van der Waals surface area contributed by atoms with Crippen LogP contribution in [0.2, 0.25) is 0 Å². The van der Waals surface area contributed by atoms with Crippen LogP contribution in [0.4, 0.5) is 14.5 Å². The zero-order valence-corrected chi connectivity index (χ0v) is 16.7. The van der Waals surface area contributed by atoms with E-state index < -0.39 is 18.4 Å². The van der Waals surface area contributed by atoms with E-state index in [2.05, 4.69) is 31.5 Å². The van der Waals surface area contributed by atoms with Crippen LogP contribution < -0.4 is 20.5 Å². The Kier molecular flexibility index (Phi) is 7.51. The highest BCUT2D eigenvalue weighted by atomic mass is 79.9. The minimum absolute atomic E-state index is 0.0771. The van der Waals surface area contributed by atoms with E-state index in [1.54, 1.807) is 18.2 Å². The number of nitrogens with zero attached hydrogens (tertiary/aromatic N) is 1. The first-order valence-electron chi connectivity index (χ1n) is 8.06. The number of carbonyl (C=O) groups is 2. The van der Waals surface area contributed by atoms with E-state index in [0.29, 0.717) is 10.0 Å². The molecular weight excluding hydrogens is 436 g/mol. The molecule has 0 fully saturated rings. The lowest BCUT2D eigenvalue weighted by Gasteiger charge is -2.13. The van der Waals surface area contributed by atoms with Crippen molar-refractivity contribution in [2.24, 2.45) is 0 Å². The molecule has 6 nitrogen and oxygen atoms in total. The van der Waals surface area contributed by atoms with Gasteiger partial charge in [0.1, 0.15) is 5.75 Å². The number of alkyl halides is 2. The number of rotatable bonds is 6. The molecule has 0 unspecified atom stereocenters. The van der Waals surface area contributed by atoms with Crippen molar-refractivity contribution in [2.75, 3.05) is 19.0 Å². The maximum Gasteiger partial charge on any atom is 0.387 e. The van der Waals surface area contributed by atoms with Crippen molar-refractivity contribution in [1.29, 1.82) is 0 Å². The average molecular weight is 454 g/mol. The van der Waals surface area contributed by atoms with E-state index >= 15 is 0 Å². The third kappa shape index (κ3) is 6.34. The Bertz CT molecular complexity index is 888. The van der Waals surface area contributed by atoms with Gasteiger partial charge in [-0.15, -0.1) is 0 Å². The molecule has 2 amide bonds. The van der Waals surface area contributed by atoms with E-state index in [1.165, 1.54) is 24.3 Å². The Labute approximate surface area is 169 Å². The number of hydrogen-bond acceptors (Lipinski definition) is 4. The number of halogens is 3. The SMILES string of the molecule is CN(C)c1cccc(C(=O)NNC(=O)/C=C/c2cc(Br)ccc2OC(F)F)c1. The van der Waals surface area contributed by atoms with Crippen LogP contribution in [-0.2, 0) is 4.79 Å². The number of amides is 2. The number of carbonyl (C=O) groups excluding carboxylic acids is 2. The Hall–Kier alpha value is -2.94. The second kappa shape index (κ2) is 9.84. The van der Waals surface area contributed by atoms with E-state index in [-0.39, 0.29) is 11.3 Å². The summed E-state index contributed by atoms with van der Waals surface area (Å²) in [5, 5.41) is 0. The third-order valence-corrected chi connectivity index (χ3v) is 4.02. The molecule has 2 rings (SSSR count). The summed E-state index contributed by atoms with van der Waals surface area (Å²) in [6, 6.07) is 11.3. The number of hydrogen-bond donors (Lipinski definition) is 2. The van der Waals surface area contributed by atoms with Crippen LogP contribution in [0.15, 0.2) is 53.0 Å². The molecule has 0 aromatic heterocycles. The number of benzene rings is 2. The molecule has 0 aliphatic rings. The second-order valence-corrected chi connectivity index (χ2v) is 6.70. The zero-order chi connectivity index (χ0) is 20.7. The summed E-state index contributed by atoms with van der Waals surface area (Å²) in [6.45, 7) is -2.99. The molecule has 0 spiro atoms. The van der Waals surface area contributed by atoms with Crippen molar-refractivity contribution in [3.8, 4) is 5.75 Å². The highest BCUT2D eigenvalue weighted by Crippen LogP contribution is 2.25. The van der Waals surface area contributed by atoms with Crippen LogP contribution in [0, 0.1) is 0 Å². The molecule has 148 valence electrons. The van der Waals surface area contributed by atoms with Crippen LogP contribution in [0.1, 0.15) is 15.9 Å². The minimum atomic E-state index is -2.99. The normalized spacial score (nSPS) is 10.8. The van der Waals surface area contributed by atoms with Gasteiger partial charge in [0.2, 0.25) is 0 Å². The lowest BCUT2D eigenvalue weighted by atomic mass is 10.2. The van der Waals surface area contributed by atoms with E-state index in [0.717, 1.165) is 11.8 Å². The van der Waals surface area contributed by atoms with E-state index in [4.69, 9.17) is 0 Å². The van der Waals surface area contributed by atoms with Crippen LogP contribution in [0.5, 0.6) is 5.75 Å². The summed E-state index contributed by atoms with van der Waals surface area (Å²) in [6.07, 6.45) is 2.40. The van der Waals surface area contributed by atoms with E-state index in [1.807, 2.05) is 25.1 Å². The van der Waals surface area contributed by atoms with Crippen LogP contribution in [-0.4, -0.2) is 32.5 Å². The van der Waals surface area contributed by atoms with E-state index in [9.17, 15) is 18.4 Å². The molecule has 0 aliphatic carbocycles. The quantitative estimate of drug-likeness (QED) is 0.517. The molecule has 9 heteroatoms. The van der Waals surface area contributed by atoms with Gasteiger partial charge in [0, 0.05) is 41.5 Å². The van der Waals surface area contributed by atoms with Crippen LogP contribution >= 0.6 is 15.9 Å². The highest BCUT2D eigenvalue weighted by molar-refractivity contribution is 9.10. The van der Waals surface area contributed by atoms with Gasteiger partial charge in [-0.3, -0.25) is 20.4 Å². The number of anilines is 1. The Balaban J connectivity index is 2.00. The molecule has 0 saturated heterocycles. The fourth-order valence-corrected chi connectivity index (χ4v) is 2.55. The molecule has 0 saturated carbocycles. The molecule has 28 heavy (non-hydrogen) atoms. The second-order valence-electron chi connectivity index (χ2n) is 5.78. The van der Waals surface area contributed by atoms with Crippen molar-refractivity contribution < 1.29 is 23.1 Å². The van der Waals surface area contributed by atoms with Crippen LogP contribution in [0.3, 0.4) is 0 Å².